The first-order valence-corrected chi connectivity index (χ1v) is 5.11. The molecule has 2 aromatic rings. The molecule has 2 aromatic heterocycles. The summed E-state index contributed by atoms with van der Waals surface area (Å²) in [5.41, 5.74) is 4.51. The van der Waals surface area contributed by atoms with Crippen molar-refractivity contribution in [3.8, 4) is 11.1 Å². The summed E-state index contributed by atoms with van der Waals surface area (Å²) in [5, 5.41) is 6.73. The number of nitrogens with one attached hydrogen (secondary N) is 1. The molecule has 2 heterocycles. The number of hydrogen-bond donors (Lipinski definition) is 1. The van der Waals surface area contributed by atoms with Gasteiger partial charge in [0.2, 0.25) is 0 Å². The molecule has 76 valence electrons. The number of aromatic nitrogens is 3. The molecule has 4 heteroatoms. The monoisotopic (exact) mass is 209 g/mol. The molecule has 0 aromatic carbocycles. The fourth-order valence-corrected chi connectivity index (χ4v) is 2.52. The number of pyridine rings is 1. The van der Waals surface area contributed by atoms with Gasteiger partial charge in [0.25, 0.3) is 0 Å². The molecular formula is C12H7N3O. The Bertz CT molecular complexity index is 654. The van der Waals surface area contributed by atoms with Gasteiger partial charge in [-0.3, -0.25) is 14.9 Å². The van der Waals surface area contributed by atoms with Crippen molar-refractivity contribution < 1.29 is 4.79 Å². The van der Waals surface area contributed by atoms with Crippen molar-refractivity contribution in [2.75, 3.05) is 0 Å². The van der Waals surface area contributed by atoms with Crippen LogP contribution in [0.15, 0.2) is 24.5 Å². The number of allylic oxidation sites excluding steroid dienone is 1. The van der Waals surface area contributed by atoms with E-state index >= 15 is 0 Å². The van der Waals surface area contributed by atoms with Crippen molar-refractivity contribution in [1.29, 1.82) is 0 Å². The summed E-state index contributed by atoms with van der Waals surface area (Å²) < 4.78 is 0. The maximum atomic E-state index is 12.2. The summed E-state index contributed by atoms with van der Waals surface area (Å²) in [7, 11) is 0. The van der Waals surface area contributed by atoms with E-state index in [-0.39, 0.29) is 11.7 Å². The molecule has 1 unspecified atom stereocenters. The molecule has 0 saturated carbocycles. The third-order valence-corrected chi connectivity index (χ3v) is 3.24. The molecular weight excluding hydrogens is 202 g/mol. The molecule has 0 spiro atoms. The summed E-state index contributed by atoms with van der Waals surface area (Å²) in [6.45, 7) is 0. The van der Waals surface area contributed by atoms with Gasteiger partial charge in [-0.15, -0.1) is 0 Å². The largest absolute Gasteiger partial charge is 0.291 e. The van der Waals surface area contributed by atoms with Crippen LogP contribution in [0.4, 0.5) is 0 Å². The molecule has 1 atom stereocenters. The zero-order valence-corrected chi connectivity index (χ0v) is 8.27. The van der Waals surface area contributed by atoms with Crippen LogP contribution in [0.3, 0.4) is 0 Å². The van der Waals surface area contributed by atoms with E-state index in [1.54, 1.807) is 12.4 Å². The lowest BCUT2D eigenvalue weighted by molar-refractivity contribution is 0.0971. The Balaban J connectivity index is 2.17. The summed E-state index contributed by atoms with van der Waals surface area (Å²) in [6, 6.07) is 1.94. The average Bonchev–Trinajstić information content (AvgIpc) is 2.93. The standard InChI is InChI=1S/C12H7N3O/c16-12-7-1-2-9-10(7)6(3-4-13-9)8-5-14-15-11(8)12/h1-5,7H,(H,14,15). The van der Waals surface area contributed by atoms with Gasteiger partial charge < -0.3 is 0 Å². The molecule has 2 aliphatic carbocycles. The molecule has 0 saturated heterocycles. The van der Waals surface area contributed by atoms with E-state index in [0.29, 0.717) is 5.69 Å². The SMILES string of the molecule is O=C1c2[nH]ncc2-c2ccnc3c2C1C=C3. The first-order chi connectivity index (χ1) is 7.86. The third-order valence-electron chi connectivity index (χ3n) is 3.24. The van der Waals surface area contributed by atoms with Crippen LogP contribution in [-0.4, -0.2) is 21.0 Å². The summed E-state index contributed by atoms with van der Waals surface area (Å²) >= 11 is 0. The van der Waals surface area contributed by atoms with E-state index in [1.165, 1.54) is 0 Å². The molecule has 0 fully saturated rings. The number of hydrogen-bond acceptors (Lipinski definition) is 3. The Kier molecular flexibility index (Phi) is 1.23. The molecule has 2 aliphatic rings. The fraction of sp³-hybridized carbons (Fsp3) is 0.0833. The van der Waals surface area contributed by atoms with Crippen LogP contribution in [0.25, 0.3) is 17.2 Å². The number of aromatic amines is 1. The summed E-state index contributed by atoms with van der Waals surface area (Å²) in [6.07, 6.45) is 7.30. The van der Waals surface area contributed by atoms with E-state index in [4.69, 9.17) is 0 Å². The van der Waals surface area contributed by atoms with Crippen molar-refractivity contribution in [1.82, 2.24) is 15.2 Å². The highest BCUT2D eigenvalue weighted by Crippen LogP contribution is 2.43. The second-order valence-electron chi connectivity index (χ2n) is 4.02. The highest BCUT2D eigenvalue weighted by molar-refractivity contribution is 6.11. The van der Waals surface area contributed by atoms with Gasteiger partial charge in [-0.05, 0) is 17.7 Å². The van der Waals surface area contributed by atoms with Crippen LogP contribution < -0.4 is 0 Å². The van der Waals surface area contributed by atoms with Gasteiger partial charge in [-0.1, -0.05) is 6.08 Å². The lowest BCUT2D eigenvalue weighted by atomic mass is 9.83. The number of fused-ring (bicyclic) bond motifs is 2. The summed E-state index contributed by atoms with van der Waals surface area (Å²) in [4.78, 5) is 16.4. The second kappa shape index (κ2) is 2.47. The predicted molar refractivity (Wildman–Crippen MR) is 57.9 cm³/mol. The fourth-order valence-electron chi connectivity index (χ4n) is 2.52. The minimum absolute atomic E-state index is 0.0861. The molecule has 16 heavy (non-hydrogen) atoms. The quantitative estimate of drug-likeness (QED) is 0.719. The molecule has 0 aliphatic heterocycles. The second-order valence-corrected chi connectivity index (χ2v) is 4.02. The van der Waals surface area contributed by atoms with Gasteiger partial charge >= 0.3 is 0 Å². The zero-order chi connectivity index (χ0) is 10.7. The Morgan fingerprint density at radius 1 is 1.31 bits per heavy atom. The number of rotatable bonds is 0. The summed E-state index contributed by atoms with van der Waals surface area (Å²) in [5.74, 6) is -0.0883. The van der Waals surface area contributed by atoms with Gasteiger partial charge in [-0.2, -0.15) is 5.10 Å². The number of H-pyrrole nitrogens is 1. The van der Waals surface area contributed by atoms with Crippen molar-refractivity contribution in [3.63, 3.8) is 0 Å². The van der Waals surface area contributed by atoms with Crippen LogP contribution in [0.1, 0.15) is 27.7 Å². The zero-order valence-electron chi connectivity index (χ0n) is 8.27. The van der Waals surface area contributed by atoms with E-state index < -0.39 is 0 Å². The van der Waals surface area contributed by atoms with Crippen LogP contribution in [0.5, 0.6) is 0 Å². The smallest absolute Gasteiger partial charge is 0.192 e. The lowest BCUT2D eigenvalue weighted by Crippen LogP contribution is -2.17. The lowest BCUT2D eigenvalue weighted by Gasteiger charge is -2.19. The Morgan fingerprint density at radius 3 is 3.19 bits per heavy atom. The van der Waals surface area contributed by atoms with Crippen LogP contribution in [-0.2, 0) is 0 Å². The van der Waals surface area contributed by atoms with Crippen molar-refractivity contribution >= 4 is 11.9 Å². The highest BCUT2D eigenvalue weighted by Gasteiger charge is 2.36. The van der Waals surface area contributed by atoms with E-state index in [0.717, 1.165) is 22.4 Å². The Morgan fingerprint density at radius 2 is 2.25 bits per heavy atom. The van der Waals surface area contributed by atoms with Crippen molar-refractivity contribution in [2.45, 2.75) is 5.92 Å². The maximum absolute atomic E-state index is 12.2. The van der Waals surface area contributed by atoms with Crippen LogP contribution >= 0.6 is 0 Å². The third kappa shape index (κ3) is 0.746. The average molecular weight is 209 g/mol. The molecule has 4 rings (SSSR count). The molecule has 0 bridgehead atoms. The number of Topliss-reactive ketones (excluding diaryl/α,β-unsaturated/α-hetero) is 1. The van der Waals surface area contributed by atoms with Gasteiger partial charge in [-0.25, -0.2) is 0 Å². The van der Waals surface area contributed by atoms with Gasteiger partial charge in [0.15, 0.2) is 5.78 Å². The minimum atomic E-state index is -0.174. The highest BCUT2D eigenvalue weighted by atomic mass is 16.1. The molecule has 0 radical (unpaired) electrons. The number of carbonyl (C=O) groups is 1. The Hall–Kier alpha value is -2.23. The molecule has 0 amide bonds. The normalized spacial score (nSPS) is 19.8. The van der Waals surface area contributed by atoms with Crippen molar-refractivity contribution in [3.05, 3.63) is 41.5 Å². The topological polar surface area (TPSA) is 58.6 Å². The maximum Gasteiger partial charge on any atom is 0.192 e. The van der Waals surface area contributed by atoms with E-state index in [2.05, 4.69) is 15.2 Å². The molecule has 4 nitrogen and oxygen atoms in total. The molecule has 1 N–H and O–H groups in total. The van der Waals surface area contributed by atoms with Gasteiger partial charge in [0.1, 0.15) is 5.69 Å². The van der Waals surface area contributed by atoms with Crippen molar-refractivity contribution in [2.24, 2.45) is 0 Å². The number of nitrogens with zero attached hydrogens (tertiary/aromatic N) is 2. The van der Waals surface area contributed by atoms with Gasteiger partial charge in [0, 0.05) is 17.3 Å². The van der Waals surface area contributed by atoms with E-state index in [9.17, 15) is 4.79 Å². The first-order valence-electron chi connectivity index (χ1n) is 5.11. The first kappa shape index (κ1) is 7.98. The van der Waals surface area contributed by atoms with Gasteiger partial charge in [0.05, 0.1) is 17.8 Å². The van der Waals surface area contributed by atoms with E-state index in [1.807, 2.05) is 18.2 Å². The van der Waals surface area contributed by atoms with Crippen LogP contribution in [0, 0.1) is 0 Å². The number of carbonyl (C=O) groups excluding carboxylic acids is 1. The van der Waals surface area contributed by atoms with Crippen LogP contribution in [0.2, 0.25) is 0 Å². The number of ketones is 1. The minimum Gasteiger partial charge on any atom is -0.291 e. The Labute approximate surface area is 91.0 Å². The predicted octanol–water partition coefficient (Wildman–Crippen LogP) is 1.78.